The normalized spacial score (nSPS) is 10.8. The van der Waals surface area contributed by atoms with Crippen molar-refractivity contribution < 1.29 is 22.7 Å². The molecule has 0 aliphatic rings. The van der Waals surface area contributed by atoms with Gasteiger partial charge in [-0.15, -0.1) is 0 Å². The summed E-state index contributed by atoms with van der Waals surface area (Å²) in [5.41, 5.74) is 0.0899. The van der Waals surface area contributed by atoms with E-state index in [1.54, 1.807) is 24.3 Å². The van der Waals surface area contributed by atoms with Gasteiger partial charge in [0.15, 0.2) is 17.5 Å². The van der Waals surface area contributed by atoms with Crippen molar-refractivity contribution in [3.05, 3.63) is 75.3 Å². The number of aromatic amines is 1. The highest BCUT2D eigenvalue weighted by Gasteiger charge is 2.18. The smallest absolute Gasteiger partial charge is 0.254 e. The first kappa shape index (κ1) is 18.5. The Morgan fingerprint density at radius 1 is 1.11 bits per heavy atom. The van der Waals surface area contributed by atoms with Gasteiger partial charge < -0.3 is 15.0 Å². The molecule has 140 valence electrons. The number of fused-ring (bicyclic) bond motifs is 1. The van der Waals surface area contributed by atoms with Gasteiger partial charge in [-0.3, -0.25) is 9.59 Å². The Morgan fingerprint density at radius 3 is 2.63 bits per heavy atom. The van der Waals surface area contributed by atoms with Crippen molar-refractivity contribution in [2.24, 2.45) is 0 Å². The van der Waals surface area contributed by atoms with Gasteiger partial charge in [-0.1, -0.05) is 0 Å². The Labute approximate surface area is 151 Å². The molecule has 0 spiro atoms. The number of nitrogens with one attached hydrogen (secondary N) is 2. The van der Waals surface area contributed by atoms with Gasteiger partial charge in [0.1, 0.15) is 5.75 Å². The molecule has 1 amide bonds. The number of carbonyl (C=O) groups excluding carboxylic acids is 1. The fourth-order valence-electron chi connectivity index (χ4n) is 2.65. The van der Waals surface area contributed by atoms with E-state index in [1.165, 1.54) is 7.11 Å². The summed E-state index contributed by atoms with van der Waals surface area (Å²) in [7, 11) is 1.52. The summed E-state index contributed by atoms with van der Waals surface area (Å²) in [6.45, 7) is 0.0159. The van der Waals surface area contributed by atoms with Crippen LogP contribution < -0.4 is 15.6 Å². The lowest BCUT2D eigenvalue weighted by atomic mass is 10.1. The number of aromatic nitrogens is 1. The standard InChI is InChI=1S/C19H15F3N2O3/c1-27-12-3-2-10-8-11(18(25)24-15(10)9-12)6-7-23-19(26)13-4-5-14(20)17(22)16(13)21/h2-5,8-9H,6-7H2,1H3,(H,23,26)(H,24,25). The van der Waals surface area contributed by atoms with Crippen LogP contribution in [-0.2, 0) is 6.42 Å². The van der Waals surface area contributed by atoms with Crippen molar-refractivity contribution >= 4 is 16.8 Å². The molecule has 0 saturated heterocycles. The van der Waals surface area contributed by atoms with E-state index in [-0.39, 0.29) is 18.5 Å². The SMILES string of the molecule is COc1ccc2cc(CCNC(=O)c3ccc(F)c(F)c3F)c(=O)[nH]c2c1. The quantitative estimate of drug-likeness (QED) is 0.673. The topological polar surface area (TPSA) is 71.2 Å². The second kappa shape index (κ2) is 7.53. The first-order valence-electron chi connectivity index (χ1n) is 8.02. The number of hydrogen-bond donors (Lipinski definition) is 2. The summed E-state index contributed by atoms with van der Waals surface area (Å²) in [5, 5.41) is 3.17. The predicted molar refractivity (Wildman–Crippen MR) is 93.5 cm³/mol. The molecule has 0 bridgehead atoms. The van der Waals surface area contributed by atoms with Crippen LogP contribution in [0.1, 0.15) is 15.9 Å². The molecule has 2 aromatic carbocycles. The van der Waals surface area contributed by atoms with Crippen LogP contribution in [0.3, 0.4) is 0 Å². The Kier molecular flexibility index (Phi) is 5.16. The molecule has 5 nitrogen and oxygen atoms in total. The largest absolute Gasteiger partial charge is 0.497 e. The average Bonchev–Trinajstić information content (AvgIpc) is 2.66. The van der Waals surface area contributed by atoms with Crippen LogP contribution >= 0.6 is 0 Å². The minimum Gasteiger partial charge on any atom is -0.497 e. The summed E-state index contributed by atoms with van der Waals surface area (Å²) in [6.07, 6.45) is 0.175. The number of ether oxygens (including phenoxy) is 1. The maximum atomic E-state index is 13.6. The molecule has 1 heterocycles. The molecule has 0 unspecified atom stereocenters. The molecule has 3 rings (SSSR count). The van der Waals surface area contributed by atoms with Crippen LogP contribution in [-0.4, -0.2) is 24.5 Å². The fourth-order valence-corrected chi connectivity index (χ4v) is 2.65. The van der Waals surface area contributed by atoms with Crippen LogP contribution in [0, 0.1) is 17.5 Å². The summed E-state index contributed by atoms with van der Waals surface area (Å²) in [4.78, 5) is 26.8. The molecule has 0 fully saturated rings. The van der Waals surface area contributed by atoms with E-state index in [4.69, 9.17) is 4.74 Å². The second-order valence-corrected chi connectivity index (χ2v) is 5.81. The van der Waals surface area contributed by atoms with Gasteiger partial charge in [0.2, 0.25) is 0 Å². The van der Waals surface area contributed by atoms with E-state index in [2.05, 4.69) is 10.3 Å². The summed E-state index contributed by atoms with van der Waals surface area (Å²) in [6, 6.07) is 8.43. The molecule has 0 atom stereocenters. The van der Waals surface area contributed by atoms with Gasteiger partial charge in [-0.2, -0.15) is 0 Å². The molecule has 27 heavy (non-hydrogen) atoms. The van der Waals surface area contributed by atoms with E-state index >= 15 is 0 Å². The van der Waals surface area contributed by atoms with E-state index in [0.29, 0.717) is 22.9 Å². The zero-order valence-electron chi connectivity index (χ0n) is 14.2. The van der Waals surface area contributed by atoms with Crippen molar-refractivity contribution in [3.8, 4) is 5.75 Å². The third-order valence-electron chi connectivity index (χ3n) is 4.09. The molecular weight excluding hydrogens is 361 g/mol. The lowest BCUT2D eigenvalue weighted by Crippen LogP contribution is -2.28. The number of methoxy groups -OCH3 is 1. The Morgan fingerprint density at radius 2 is 1.89 bits per heavy atom. The molecule has 3 aromatic rings. The third kappa shape index (κ3) is 3.79. The minimum atomic E-state index is -1.70. The van der Waals surface area contributed by atoms with Crippen LogP contribution in [0.4, 0.5) is 13.2 Å². The van der Waals surface area contributed by atoms with E-state index in [0.717, 1.165) is 11.5 Å². The van der Waals surface area contributed by atoms with Gasteiger partial charge in [-0.05, 0) is 42.1 Å². The number of H-pyrrole nitrogens is 1. The number of rotatable bonds is 5. The zero-order chi connectivity index (χ0) is 19.6. The van der Waals surface area contributed by atoms with Crippen molar-refractivity contribution in [1.29, 1.82) is 0 Å². The van der Waals surface area contributed by atoms with E-state index < -0.39 is 28.9 Å². The van der Waals surface area contributed by atoms with Gasteiger partial charge >= 0.3 is 0 Å². The molecule has 0 aliphatic heterocycles. The van der Waals surface area contributed by atoms with Gasteiger partial charge in [0.25, 0.3) is 11.5 Å². The maximum Gasteiger partial charge on any atom is 0.254 e. The average molecular weight is 376 g/mol. The van der Waals surface area contributed by atoms with Gasteiger partial charge in [0, 0.05) is 18.2 Å². The van der Waals surface area contributed by atoms with Crippen molar-refractivity contribution in [2.45, 2.75) is 6.42 Å². The number of pyridine rings is 1. The lowest BCUT2D eigenvalue weighted by Gasteiger charge is -2.08. The van der Waals surface area contributed by atoms with Crippen LogP contribution in [0.15, 0.2) is 41.2 Å². The number of carbonyl (C=O) groups is 1. The van der Waals surface area contributed by atoms with Gasteiger partial charge in [-0.25, -0.2) is 13.2 Å². The second-order valence-electron chi connectivity index (χ2n) is 5.81. The number of halogens is 3. The summed E-state index contributed by atoms with van der Waals surface area (Å²) < 4.78 is 44.9. The molecule has 0 radical (unpaired) electrons. The number of amides is 1. The summed E-state index contributed by atoms with van der Waals surface area (Å²) >= 11 is 0. The molecule has 1 aromatic heterocycles. The van der Waals surface area contributed by atoms with Crippen LogP contribution in [0.25, 0.3) is 10.9 Å². The van der Waals surface area contributed by atoms with Crippen molar-refractivity contribution in [1.82, 2.24) is 10.3 Å². The highest BCUT2D eigenvalue weighted by atomic mass is 19.2. The predicted octanol–water partition coefficient (Wildman–Crippen LogP) is 2.93. The Balaban J connectivity index is 1.72. The summed E-state index contributed by atoms with van der Waals surface area (Å²) in [5.74, 6) is -4.92. The Hall–Kier alpha value is -3.29. The lowest BCUT2D eigenvalue weighted by molar-refractivity contribution is 0.0948. The zero-order valence-corrected chi connectivity index (χ0v) is 14.2. The molecular formula is C19H15F3N2O3. The first-order valence-corrected chi connectivity index (χ1v) is 8.02. The van der Waals surface area contributed by atoms with Crippen LogP contribution in [0.5, 0.6) is 5.75 Å². The fraction of sp³-hybridized carbons (Fsp3) is 0.158. The molecule has 0 saturated carbocycles. The first-order chi connectivity index (χ1) is 12.9. The van der Waals surface area contributed by atoms with Crippen molar-refractivity contribution in [3.63, 3.8) is 0 Å². The monoisotopic (exact) mass is 376 g/mol. The molecule has 0 aliphatic carbocycles. The Bertz CT molecular complexity index is 1080. The third-order valence-corrected chi connectivity index (χ3v) is 4.09. The van der Waals surface area contributed by atoms with Crippen molar-refractivity contribution in [2.75, 3.05) is 13.7 Å². The number of hydrogen-bond acceptors (Lipinski definition) is 3. The van der Waals surface area contributed by atoms with E-state index in [1.807, 2.05) is 0 Å². The molecule has 8 heteroatoms. The minimum absolute atomic E-state index is 0.0159. The van der Waals surface area contributed by atoms with E-state index in [9.17, 15) is 22.8 Å². The number of benzene rings is 2. The highest BCUT2D eigenvalue weighted by molar-refractivity contribution is 5.94. The van der Waals surface area contributed by atoms with Gasteiger partial charge in [0.05, 0.1) is 18.2 Å². The molecule has 2 N–H and O–H groups in total. The maximum absolute atomic E-state index is 13.6. The van der Waals surface area contributed by atoms with Crippen LogP contribution in [0.2, 0.25) is 0 Å². The highest BCUT2D eigenvalue weighted by Crippen LogP contribution is 2.18.